The Balaban J connectivity index is 2.24. The molecule has 0 amide bonds. The number of rotatable bonds is 2. The van der Waals surface area contributed by atoms with E-state index in [4.69, 9.17) is 0 Å². The minimum absolute atomic E-state index is 0.137. The van der Waals surface area contributed by atoms with Crippen molar-refractivity contribution in [2.75, 3.05) is 5.32 Å². The quantitative estimate of drug-likeness (QED) is 0.772. The highest BCUT2D eigenvalue weighted by Gasteiger charge is 2.04. The van der Waals surface area contributed by atoms with E-state index in [1.54, 1.807) is 24.3 Å². The van der Waals surface area contributed by atoms with Gasteiger partial charge in [-0.15, -0.1) is 0 Å². The summed E-state index contributed by atoms with van der Waals surface area (Å²) in [5.74, 6) is -0.137. The molecule has 0 aliphatic rings. The topological polar surface area (TPSA) is 52.2 Å². The van der Waals surface area contributed by atoms with Crippen molar-refractivity contribution in [2.45, 2.75) is 0 Å². The van der Waals surface area contributed by atoms with Gasteiger partial charge in [0.1, 0.15) is 0 Å². The van der Waals surface area contributed by atoms with Gasteiger partial charge in [-0.05, 0) is 17.5 Å². The Kier molecular flexibility index (Phi) is 3.09. The molecule has 0 aliphatic heterocycles. The van der Waals surface area contributed by atoms with Crippen molar-refractivity contribution in [1.82, 2.24) is 0 Å². The van der Waals surface area contributed by atoms with E-state index in [0.717, 1.165) is 10.8 Å². The van der Waals surface area contributed by atoms with Crippen LogP contribution in [-0.4, -0.2) is 0 Å². The minimum Gasteiger partial charge on any atom is -0.871 e. The van der Waals surface area contributed by atoms with Gasteiger partial charge in [0.2, 0.25) is 5.43 Å². The van der Waals surface area contributed by atoms with Crippen molar-refractivity contribution in [3.8, 4) is 5.75 Å². The van der Waals surface area contributed by atoms with Gasteiger partial charge < -0.3 is 10.4 Å². The first-order chi connectivity index (χ1) is 9.75. The fraction of sp³-hybridized carbons (Fsp3) is 0. The highest BCUT2D eigenvalue weighted by Crippen LogP contribution is 2.26. The van der Waals surface area contributed by atoms with E-state index in [0.29, 0.717) is 11.4 Å². The Morgan fingerprint density at radius 3 is 2.35 bits per heavy atom. The Hall–Kier alpha value is -2.81. The van der Waals surface area contributed by atoms with Crippen molar-refractivity contribution in [3.63, 3.8) is 0 Å². The van der Waals surface area contributed by atoms with Crippen LogP contribution in [0.5, 0.6) is 5.75 Å². The molecule has 0 aliphatic carbocycles. The summed E-state index contributed by atoms with van der Waals surface area (Å²) in [6.07, 6.45) is 0. The second-order valence-corrected chi connectivity index (χ2v) is 4.47. The van der Waals surface area contributed by atoms with Crippen LogP contribution >= 0.6 is 0 Å². The summed E-state index contributed by atoms with van der Waals surface area (Å²) in [4.78, 5) is 12.2. The molecule has 0 fully saturated rings. The molecule has 3 rings (SSSR count). The lowest BCUT2D eigenvalue weighted by molar-refractivity contribution is -0.267. The van der Waals surface area contributed by atoms with Crippen molar-refractivity contribution >= 4 is 22.1 Å². The van der Waals surface area contributed by atoms with Gasteiger partial charge >= 0.3 is 0 Å². The molecule has 0 bridgehead atoms. The maximum atomic E-state index is 12.2. The molecule has 0 unspecified atom stereocenters. The smallest absolute Gasteiger partial charge is 0.202 e. The molecule has 0 aromatic heterocycles. The summed E-state index contributed by atoms with van der Waals surface area (Å²) >= 11 is 0. The summed E-state index contributed by atoms with van der Waals surface area (Å²) in [5.41, 5.74) is 0.685. The largest absolute Gasteiger partial charge is 0.871 e. The molecule has 0 radical (unpaired) electrons. The van der Waals surface area contributed by atoms with Gasteiger partial charge in [0.05, 0.1) is 5.69 Å². The Morgan fingerprint density at radius 2 is 1.50 bits per heavy atom. The van der Waals surface area contributed by atoms with Gasteiger partial charge in [0.25, 0.3) is 0 Å². The maximum Gasteiger partial charge on any atom is 0.202 e. The first-order valence-corrected chi connectivity index (χ1v) is 6.31. The molecule has 0 atom stereocenters. The number of nitrogens with one attached hydrogen (secondary N) is 1. The predicted molar refractivity (Wildman–Crippen MR) is 79.4 cm³/mol. The lowest BCUT2D eigenvalue weighted by atomic mass is 10.1. The van der Waals surface area contributed by atoms with E-state index >= 15 is 0 Å². The van der Waals surface area contributed by atoms with Crippen molar-refractivity contribution in [3.05, 3.63) is 77.0 Å². The number of para-hydroxylation sites is 2. The SMILES string of the molecule is O=c1cccc2ccccc2c1Nc1ccccc1[O-]. The Morgan fingerprint density at radius 1 is 0.800 bits per heavy atom. The maximum absolute atomic E-state index is 12.2. The zero-order chi connectivity index (χ0) is 13.9. The lowest BCUT2D eigenvalue weighted by Crippen LogP contribution is -2.06. The van der Waals surface area contributed by atoms with E-state index in [1.807, 2.05) is 30.3 Å². The van der Waals surface area contributed by atoms with Crippen LogP contribution in [0.15, 0.2) is 71.5 Å². The molecule has 20 heavy (non-hydrogen) atoms. The number of benzene rings is 2. The van der Waals surface area contributed by atoms with Crippen LogP contribution in [0.25, 0.3) is 10.8 Å². The zero-order valence-electron chi connectivity index (χ0n) is 10.7. The van der Waals surface area contributed by atoms with Gasteiger partial charge in [-0.3, -0.25) is 4.79 Å². The van der Waals surface area contributed by atoms with E-state index in [2.05, 4.69) is 5.32 Å². The summed E-state index contributed by atoms with van der Waals surface area (Å²) in [6, 6.07) is 19.3. The Bertz CT molecular complexity index is 828. The molecular weight excluding hydrogens is 250 g/mol. The average molecular weight is 262 g/mol. The molecule has 0 heterocycles. The van der Waals surface area contributed by atoms with E-state index in [9.17, 15) is 9.90 Å². The summed E-state index contributed by atoms with van der Waals surface area (Å²) in [7, 11) is 0. The molecule has 1 N–H and O–H groups in total. The van der Waals surface area contributed by atoms with Crippen molar-refractivity contribution in [2.24, 2.45) is 0 Å². The number of hydrogen-bond acceptors (Lipinski definition) is 3. The molecule has 3 aromatic rings. The number of hydrogen-bond donors (Lipinski definition) is 1. The van der Waals surface area contributed by atoms with Crippen LogP contribution in [0.2, 0.25) is 0 Å². The van der Waals surface area contributed by atoms with Gasteiger partial charge in [-0.1, -0.05) is 60.3 Å². The fourth-order valence-electron chi connectivity index (χ4n) is 2.16. The van der Waals surface area contributed by atoms with Crippen LogP contribution in [-0.2, 0) is 0 Å². The van der Waals surface area contributed by atoms with Crippen LogP contribution < -0.4 is 15.9 Å². The van der Waals surface area contributed by atoms with Crippen LogP contribution in [0, 0.1) is 0 Å². The van der Waals surface area contributed by atoms with Gasteiger partial charge in [-0.2, -0.15) is 0 Å². The lowest BCUT2D eigenvalue weighted by Gasteiger charge is -2.14. The second-order valence-electron chi connectivity index (χ2n) is 4.47. The molecule has 0 saturated carbocycles. The number of fused-ring (bicyclic) bond motifs is 1. The third-order valence-electron chi connectivity index (χ3n) is 3.15. The third kappa shape index (κ3) is 2.21. The van der Waals surface area contributed by atoms with Crippen LogP contribution in [0.4, 0.5) is 11.4 Å². The highest BCUT2D eigenvalue weighted by molar-refractivity contribution is 5.94. The third-order valence-corrected chi connectivity index (χ3v) is 3.15. The molecule has 3 aromatic carbocycles. The molecule has 0 spiro atoms. The summed E-state index contributed by atoms with van der Waals surface area (Å²) in [5, 5.41) is 16.5. The summed E-state index contributed by atoms with van der Waals surface area (Å²) < 4.78 is 0. The van der Waals surface area contributed by atoms with Gasteiger partial charge in [0, 0.05) is 11.1 Å². The van der Waals surface area contributed by atoms with Crippen LogP contribution in [0.1, 0.15) is 0 Å². The second kappa shape index (κ2) is 5.05. The minimum atomic E-state index is -0.144. The molecule has 98 valence electrons. The molecule has 3 nitrogen and oxygen atoms in total. The standard InChI is InChI=1S/C17H13NO2/c19-15-10-4-3-9-14(15)18-17-13-8-2-1-6-12(13)7-5-11-16(17)20/h1-11,19H,(H,18,20)/p-1. The van der Waals surface area contributed by atoms with E-state index in [1.165, 1.54) is 12.1 Å². The Labute approximate surface area is 116 Å². The van der Waals surface area contributed by atoms with Crippen molar-refractivity contribution in [1.29, 1.82) is 0 Å². The van der Waals surface area contributed by atoms with Gasteiger partial charge in [-0.25, -0.2) is 0 Å². The predicted octanol–water partition coefficient (Wildman–Crippen LogP) is 3.02. The zero-order valence-corrected chi connectivity index (χ0v) is 10.7. The van der Waals surface area contributed by atoms with E-state index in [-0.39, 0.29) is 11.2 Å². The molecule has 3 heteroatoms. The molecular formula is C17H12NO2-. The van der Waals surface area contributed by atoms with Crippen molar-refractivity contribution < 1.29 is 5.11 Å². The van der Waals surface area contributed by atoms with Gasteiger partial charge in [0.15, 0.2) is 0 Å². The number of anilines is 2. The average Bonchev–Trinajstić information content (AvgIpc) is 2.61. The summed E-state index contributed by atoms with van der Waals surface area (Å²) in [6.45, 7) is 0. The fourth-order valence-corrected chi connectivity index (χ4v) is 2.16. The first kappa shape index (κ1) is 12.2. The monoisotopic (exact) mass is 262 g/mol. The highest BCUT2D eigenvalue weighted by atomic mass is 16.3. The molecule has 0 saturated heterocycles. The van der Waals surface area contributed by atoms with Crippen LogP contribution in [0.3, 0.4) is 0 Å². The first-order valence-electron chi connectivity index (χ1n) is 6.31. The van der Waals surface area contributed by atoms with E-state index < -0.39 is 0 Å². The normalized spacial score (nSPS) is 10.4.